The zero-order chi connectivity index (χ0) is 17.2. The van der Waals surface area contributed by atoms with Gasteiger partial charge < -0.3 is 15.0 Å². The number of methoxy groups -OCH3 is 1. The lowest BCUT2D eigenvalue weighted by Gasteiger charge is -2.29. The molecule has 1 aromatic heterocycles. The van der Waals surface area contributed by atoms with Crippen molar-refractivity contribution < 1.29 is 9.53 Å². The molecule has 0 spiro atoms. The van der Waals surface area contributed by atoms with Crippen LogP contribution in [0.1, 0.15) is 24.8 Å². The van der Waals surface area contributed by atoms with Crippen LogP contribution in [0.2, 0.25) is 0 Å². The van der Waals surface area contributed by atoms with E-state index in [9.17, 15) is 4.79 Å². The van der Waals surface area contributed by atoms with Crippen LogP contribution < -0.4 is 15.0 Å². The number of amides is 1. The molecule has 1 aliphatic carbocycles. The van der Waals surface area contributed by atoms with Crippen molar-refractivity contribution in [2.45, 2.75) is 36.1 Å². The molecule has 1 fully saturated rings. The van der Waals surface area contributed by atoms with Gasteiger partial charge in [-0.3, -0.25) is 4.79 Å². The predicted molar refractivity (Wildman–Crippen MR) is 101 cm³/mol. The van der Waals surface area contributed by atoms with E-state index in [4.69, 9.17) is 4.74 Å². The van der Waals surface area contributed by atoms with Gasteiger partial charge in [0, 0.05) is 18.3 Å². The van der Waals surface area contributed by atoms with Crippen LogP contribution in [0.3, 0.4) is 0 Å². The van der Waals surface area contributed by atoms with Crippen LogP contribution >= 0.6 is 23.1 Å². The minimum absolute atomic E-state index is 0.114. The fourth-order valence-corrected chi connectivity index (χ4v) is 4.59. The third-order valence-electron chi connectivity index (χ3n) is 4.34. The Hall–Kier alpha value is -1.80. The molecule has 25 heavy (non-hydrogen) atoms. The van der Waals surface area contributed by atoms with Crippen molar-refractivity contribution in [3.63, 3.8) is 0 Å². The summed E-state index contributed by atoms with van der Waals surface area (Å²) < 4.78 is 6.12. The molecule has 1 N–H and O–H groups in total. The highest BCUT2D eigenvalue weighted by Crippen LogP contribution is 2.33. The maximum absolute atomic E-state index is 12.7. The van der Waals surface area contributed by atoms with Gasteiger partial charge in [-0.25, -0.2) is 0 Å². The van der Waals surface area contributed by atoms with Crippen LogP contribution in [0.5, 0.6) is 5.75 Å². The van der Waals surface area contributed by atoms with Crippen LogP contribution in [0.4, 0.5) is 10.8 Å². The summed E-state index contributed by atoms with van der Waals surface area (Å²) in [5.74, 6) is 1.33. The second kappa shape index (κ2) is 7.21. The van der Waals surface area contributed by atoms with E-state index >= 15 is 0 Å². The minimum Gasteiger partial charge on any atom is -0.497 e. The lowest BCUT2D eigenvalue weighted by Crippen LogP contribution is -2.36. The van der Waals surface area contributed by atoms with Crippen LogP contribution in [0.15, 0.2) is 22.5 Å². The molecule has 2 heterocycles. The number of aromatic nitrogens is 2. The first-order valence-electron chi connectivity index (χ1n) is 8.43. The van der Waals surface area contributed by atoms with E-state index in [0.29, 0.717) is 11.8 Å². The lowest BCUT2D eigenvalue weighted by molar-refractivity contribution is -0.116. The van der Waals surface area contributed by atoms with Crippen LogP contribution in [-0.2, 0) is 11.2 Å². The molecule has 1 aromatic carbocycles. The number of benzene rings is 1. The van der Waals surface area contributed by atoms with Gasteiger partial charge in [-0.15, -0.1) is 10.2 Å². The number of anilines is 2. The number of fused-ring (bicyclic) bond motifs is 1. The lowest BCUT2D eigenvalue weighted by atomic mass is 10.0. The second-order valence-corrected chi connectivity index (χ2v) is 8.42. The molecule has 2 aliphatic rings. The Balaban J connectivity index is 1.39. The molecule has 0 saturated heterocycles. The first-order chi connectivity index (χ1) is 12.2. The number of aryl methyl sites for hydroxylation is 1. The molecule has 132 valence electrons. The predicted octanol–water partition coefficient (Wildman–Crippen LogP) is 3.19. The molecule has 0 bridgehead atoms. The normalized spacial score (nSPS) is 16.4. The van der Waals surface area contributed by atoms with E-state index in [1.807, 2.05) is 23.1 Å². The highest BCUT2D eigenvalue weighted by Gasteiger charge is 2.24. The molecule has 2 aromatic rings. The van der Waals surface area contributed by atoms with Crippen molar-refractivity contribution in [1.82, 2.24) is 10.2 Å². The van der Waals surface area contributed by atoms with Gasteiger partial charge in [0.2, 0.25) is 11.0 Å². The average molecular weight is 377 g/mol. The topological polar surface area (TPSA) is 67.3 Å². The first kappa shape index (κ1) is 16.7. The van der Waals surface area contributed by atoms with Crippen molar-refractivity contribution in [3.8, 4) is 5.75 Å². The second-order valence-electron chi connectivity index (χ2n) is 6.22. The van der Waals surface area contributed by atoms with Crippen molar-refractivity contribution in [2.24, 2.45) is 0 Å². The Morgan fingerprint density at radius 1 is 1.44 bits per heavy atom. The molecule has 0 atom stereocenters. The Morgan fingerprint density at radius 2 is 2.32 bits per heavy atom. The van der Waals surface area contributed by atoms with Gasteiger partial charge in [-0.05, 0) is 49.4 Å². The molecule has 4 rings (SSSR count). The summed E-state index contributed by atoms with van der Waals surface area (Å²) in [4.78, 5) is 14.6. The van der Waals surface area contributed by atoms with Crippen molar-refractivity contribution >= 4 is 39.8 Å². The summed E-state index contributed by atoms with van der Waals surface area (Å²) >= 11 is 2.98. The number of hydrogen-bond donors (Lipinski definition) is 1. The van der Waals surface area contributed by atoms with E-state index in [-0.39, 0.29) is 5.91 Å². The summed E-state index contributed by atoms with van der Waals surface area (Å²) in [5, 5.41) is 12.5. The van der Waals surface area contributed by atoms with Gasteiger partial charge in [-0.2, -0.15) is 0 Å². The van der Waals surface area contributed by atoms with Crippen molar-refractivity contribution in [2.75, 3.05) is 29.6 Å². The van der Waals surface area contributed by atoms with E-state index in [1.165, 1.54) is 41.5 Å². The third kappa shape index (κ3) is 3.90. The molecule has 0 radical (unpaired) electrons. The fourth-order valence-electron chi connectivity index (χ4n) is 2.89. The summed E-state index contributed by atoms with van der Waals surface area (Å²) in [6, 6.07) is 6.49. The van der Waals surface area contributed by atoms with E-state index < -0.39 is 0 Å². The molecule has 1 amide bonds. The number of nitrogens with zero attached hydrogens (tertiary/aromatic N) is 3. The number of carbonyl (C=O) groups excluding carboxylic acids is 1. The minimum atomic E-state index is 0.114. The highest BCUT2D eigenvalue weighted by atomic mass is 32.2. The average Bonchev–Trinajstić information content (AvgIpc) is 3.34. The summed E-state index contributed by atoms with van der Waals surface area (Å²) in [7, 11) is 1.67. The zero-order valence-electron chi connectivity index (χ0n) is 14.0. The van der Waals surface area contributed by atoms with Crippen LogP contribution in [0.25, 0.3) is 0 Å². The number of rotatable bonds is 6. The number of hydrogen-bond acceptors (Lipinski definition) is 7. The van der Waals surface area contributed by atoms with Crippen LogP contribution in [-0.4, -0.2) is 41.6 Å². The number of ether oxygens (including phenoxy) is 1. The summed E-state index contributed by atoms with van der Waals surface area (Å²) in [6.45, 7) is 0.767. The van der Waals surface area contributed by atoms with Gasteiger partial charge in [-0.1, -0.05) is 23.1 Å². The van der Waals surface area contributed by atoms with E-state index in [0.717, 1.165) is 40.3 Å². The zero-order valence-corrected chi connectivity index (χ0v) is 15.7. The fraction of sp³-hybridized carbons (Fsp3) is 0.471. The highest BCUT2D eigenvalue weighted by molar-refractivity contribution is 8.01. The Morgan fingerprint density at radius 3 is 3.12 bits per heavy atom. The summed E-state index contributed by atoms with van der Waals surface area (Å²) in [6.07, 6.45) is 4.38. The standard InChI is InChI=1S/C17H20N4O2S2/c1-23-13-6-7-14-11(9-13)3-2-8-21(14)15(22)10-24-17-20-19-16(25-17)18-12-4-5-12/h6-7,9,12H,2-5,8,10H2,1H3,(H,18,19). The molecule has 8 heteroatoms. The molecule has 1 aliphatic heterocycles. The van der Waals surface area contributed by atoms with Crippen molar-refractivity contribution in [3.05, 3.63) is 23.8 Å². The number of carbonyl (C=O) groups is 1. The van der Waals surface area contributed by atoms with Crippen molar-refractivity contribution in [1.29, 1.82) is 0 Å². The molecule has 6 nitrogen and oxygen atoms in total. The first-order valence-corrected chi connectivity index (χ1v) is 10.2. The maximum atomic E-state index is 12.7. The molecular formula is C17H20N4O2S2. The third-order valence-corrected chi connectivity index (χ3v) is 6.31. The SMILES string of the molecule is COc1ccc2c(c1)CCCN2C(=O)CSc1nnc(NC2CC2)s1. The molecule has 1 saturated carbocycles. The molecular weight excluding hydrogens is 356 g/mol. The van der Waals surface area contributed by atoms with Gasteiger partial charge in [0.15, 0.2) is 4.34 Å². The monoisotopic (exact) mass is 376 g/mol. The number of nitrogens with one attached hydrogen (secondary N) is 1. The maximum Gasteiger partial charge on any atom is 0.237 e. The van der Waals surface area contributed by atoms with E-state index in [2.05, 4.69) is 15.5 Å². The summed E-state index contributed by atoms with van der Waals surface area (Å²) in [5.41, 5.74) is 2.18. The molecule has 0 unspecified atom stereocenters. The Bertz CT molecular complexity index is 776. The largest absolute Gasteiger partial charge is 0.497 e. The van der Waals surface area contributed by atoms with Gasteiger partial charge in [0.05, 0.1) is 12.9 Å². The van der Waals surface area contributed by atoms with Crippen LogP contribution in [0, 0.1) is 0 Å². The smallest absolute Gasteiger partial charge is 0.237 e. The number of thioether (sulfide) groups is 1. The van der Waals surface area contributed by atoms with Gasteiger partial charge >= 0.3 is 0 Å². The Labute approximate surface area is 155 Å². The van der Waals surface area contributed by atoms with Gasteiger partial charge in [0.1, 0.15) is 5.75 Å². The quantitative estimate of drug-likeness (QED) is 0.781. The Kier molecular flexibility index (Phi) is 4.80. The van der Waals surface area contributed by atoms with E-state index in [1.54, 1.807) is 7.11 Å². The van der Waals surface area contributed by atoms with Gasteiger partial charge in [0.25, 0.3) is 0 Å².